The third-order valence-corrected chi connectivity index (χ3v) is 6.37. The van der Waals surface area contributed by atoms with Crippen LogP contribution in [-0.4, -0.2) is 51.2 Å². The first-order valence-electron chi connectivity index (χ1n) is 12.3. The van der Waals surface area contributed by atoms with E-state index in [1.165, 1.54) is 0 Å². The molecule has 0 fully saturated rings. The summed E-state index contributed by atoms with van der Waals surface area (Å²) in [6, 6.07) is 19.6. The first-order valence-corrected chi connectivity index (χ1v) is 13.6. The average Bonchev–Trinajstić information content (AvgIpc) is 2.88. The smallest absolute Gasteiger partial charge is 0.410 e. The van der Waals surface area contributed by atoms with Crippen molar-refractivity contribution in [1.82, 2.24) is 4.58 Å². The molecule has 2 aromatic carbocycles. The summed E-state index contributed by atoms with van der Waals surface area (Å²) in [7, 11) is -3.38. The first-order chi connectivity index (χ1) is 17.7. The van der Waals surface area contributed by atoms with Crippen LogP contribution >= 0.6 is 0 Å². The molecule has 1 aliphatic heterocycles. The molecule has 1 heterocycles. The van der Waals surface area contributed by atoms with E-state index < -0.39 is 15.1 Å². The van der Waals surface area contributed by atoms with Gasteiger partial charge in [0.2, 0.25) is 5.36 Å². The van der Waals surface area contributed by atoms with Crippen molar-refractivity contribution in [2.24, 2.45) is 0 Å². The molecule has 8 nitrogen and oxygen atoms in total. The highest BCUT2D eigenvalue weighted by molar-refractivity contribution is 6.19. The normalized spacial score (nSPS) is 10.6. The molecule has 0 bridgehead atoms. The van der Waals surface area contributed by atoms with E-state index in [-0.39, 0.29) is 5.56 Å². The molecule has 2 aromatic rings. The molecule has 0 atom stereocenters. The summed E-state index contributed by atoms with van der Waals surface area (Å²) in [5.74, 6) is -0.189. The molecule has 2 aliphatic rings. The van der Waals surface area contributed by atoms with Gasteiger partial charge in [0, 0.05) is 47.4 Å². The zero-order chi connectivity index (χ0) is 27.1. The molecule has 1 aliphatic carbocycles. The zero-order valence-electron chi connectivity index (χ0n) is 21.5. The Labute approximate surface area is 217 Å². The molecule has 194 valence electrons. The lowest BCUT2D eigenvalue weighted by molar-refractivity contribution is -0.223. The fourth-order valence-electron chi connectivity index (χ4n) is 4.62. The number of aromatic carboxylic acids is 1. The lowest BCUT2D eigenvalue weighted by atomic mass is 9.90. The van der Waals surface area contributed by atoms with Crippen molar-refractivity contribution in [2.45, 2.75) is 27.7 Å². The van der Waals surface area contributed by atoms with Gasteiger partial charge in [0.1, 0.15) is 24.4 Å². The van der Waals surface area contributed by atoms with E-state index in [0.29, 0.717) is 5.56 Å². The van der Waals surface area contributed by atoms with Crippen LogP contribution in [0.15, 0.2) is 65.1 Å². The summed E-state index contributed by atoms with van der Waals surface area (Å²) >= 11 is 0. The van der Waals surface area contributed by atoms with Crippen LogP contribution < -0.4 is 19.6 Å². The second kappa shape index (κ2) is 12.3. The highest BCUT2D eigenvalue weighted by Crippen LogP contribution is 2.42. The number of hydrogen-bond acceptors (Lipinski definition) is 5. The van der Waals surface area contributed by atoms with Crippen molar-refractivity contribution < 1.29 is 28.4 Å². The van der Waals surface area contributed by atoms with Gasteiger partial charge in [-0.15, -0.1) is 0 Å². The monoisotopic (exact) mass is 520 g/mol. The van der Waals surface area contributed by atoms with E-state index in [1.54, 1.807) is 12.1 Å². The number of hydrogen-bond donors (Lipinski definition) is 2. The van der Waals surface area contributed by atoms with Gasteiger partial charge in [-0.05, 0) is 57.5 Å². The number of carbonyl (C=O) groups is 1. The van der Waals surface area contributed by atoms with E-state index in [1.807, 2.05) is 12.1 Å². The van der Waals surface area contributed by atoms with Crippen LogP contribution in [0.4, 0.5) is 5.69 Å². The van der Waals surface area contributed by atoms with Crippen molar-refractivity contribution in [2.75, 3.05) is 31.1 Å². The molecule has 0 saturated carbocycles. The largest absolute Gasteiger partial charge is 0.604 e. The fourth-order valence-corrected chi connectivity index (χ4v) is 4.62. The summed E-state index contributed by atoms with van der Waals surface area (Å²) in [4.78, 5) is 30.0. The Morgan fingerprint density at radius 2 is 1.62 bits per heavy atom. The maximum atomic E-state index is 12.1. The Morgan fingerprint density at radius 3 is 2.22 bits per heavy atom. The van der Waals surface area contributed by atoms with E-state index in [9.17, 15) is 9.90 Å². The van der Waals surface area contributed by atoms with Gasteiger partial charge in [-0.2, -0.15) is 0 Å². The van der Waals surface area contributed by atoms with Crippen LogP contribution in [-0.2, 0) is 4.46 Å². The molecule has 0 aromatic heterocycles. The van der Waals surface area contributed by atoms with Gasteiger partial charge >= 0.3 is 15.1 Å². The van der Waals surface area contributed by atoms with Crippen molar-refractivity contribution in [3.63, 3.8) is 0 Å². The molecule has 0 unspecified atom stereocenters. The van der Waals surface area contributed by atoms with E-state index >= 15 is 0 Å². The predicted octanol–water partition coefficient (Wildman–Crippen LogP) is 3.32. The quantitative estimate of drug-likeness (QED) is 0.218. The van der Waals surface area contributed by atoms with Crippen molar-refractivity contribution >= 4 is 31.8 Å². The summed E-state index contributed by atoms with van der Waals surface area (Å²) in [5.41, 5.74) is 4.62. The SMILES string of the molecule is CCN(CC)c1ccc2c(-c3ccccc3C(=O)O)c3ccc(=[N+](CC)CC)cc-3oc2c1.O=[Si]([O-])O. The number of benzene rings is 3. The summed E-state index contributed by atoms with van der Waals surface area (Å²) < 4.78 is 17.4. The first kappa shape index (κ1) is 27.6. The molecule has 37 heavy (non-hydrogen) atoms. The molecule has 0 amide bonds. The standard InChI is InChI=1S/C28H30N2O3.HO3Si/c1-5-29(6-2)19-13-15-23-25(17-19)33-26-18-20(30(7-3)8-4)14-16-24(26)27(23)21-11-9-10-12-22(21)28(31)32;1-4(2)3/h9-18H,5-8H2,1-4H3;1H/q;-1/p+1. The molecule has 4 rings (SSSR count). The van der Waals surface area contributed by atoms with Gasteiger partial charge in [0.25, 0.3) is 0 Å². The van der Waals surface area contributed by atoms with Gasteiger partial charge in [-0.1, -0.05) is 18.2 Å². The number of carboxylic acids is 1. The second-order valence-corrected chi connectivity index (χ2v) is 8.83. The number of nitrogens with zero attached hydrogens (tertiary/aromatic N) is 2. The number of rotatable bonds is 7. The van der Waals surface area contributed by atoms with Crippen LogP contribution in [0.1, 0.15) is 38.1 Å². The number of fused-ring (bicyclic) bond motifs is 2. The number of carboxylic acid groups (broad SMARTS) is 1. The minimum atomic E-state index is -3.38. The maximum absolute atomic E-state index is 12.1. The molecule has 0 radical (unpaired) electrons. The third kappa shape index (κ3) is 6.06. The summed E-state index contributed by atoms with van der Waals surface area (Å²) in [5, 5.41) is 11.9. The number of anilines is 1. The summed E-state index contributed by atoms with van der Waals surface area (Å²) in [6.45, 7) is 12.1. The van der Waals surface area contributed by atoms with Crippen LogP contribution in [0.2, 0.25) is 0 Å². The van der Waals surface area contributed by atoms with E-state index in [2.05, 4.69) is 73.6 Å². The van der Waals surface area contributed by atoms with Gasteiger partial charge in [-0.3, -0.25) is 0 Å². The van der Waals surface area contributed by atoms with Crippen LogP contribution in [0.5, 0.6) is 0 Å². The molecule has 0 saturated heterocycles. The fraction of sp³-hybridized carbons (Fsp3) is 0.286. The summed E-state index contributed by atoms with van der Waals surface area (Å²) in [6.07, 6.45) is 0. The Bertz CT molecular complexity index is 1450. The Kier molecular flexibility index (Phi) is 9.19. The van der Waals surface area contributed by atoms with Crippen molar-refractivity contribution in [1.29, 1.82) is 0 Å². The lowest BCUT2D eigenvalue weighted by Crippen LogP contribution is -2.29. The van der Waals surface area contributed by atoms with Crippen molar-refractivity contribution in [3.05, 3.63) is 71.6 Å². The molecule has 0 spiro atoms. The maximum Gasteiger partial charge on any atom is 0.410 e. The van der Waals surface area contributed by atoms with Gasteiger partial charge in [0.15, 0.2) is 0 Å². The van der Waals surface area contributed by atoms with Crippen LogP contribution in [0.3, 0.4) is 0 Å². The van der Waals surface area contributed by atoms with Gasteiger partial charge in [0.05, 0.1) is 11.6 Å². The van der Waals surface area contributed by atoms with Crippen LogP contribution in [0.25, 0.3) is 33.4 Å². The van der Waals surface area contributed by atoms with E-state index in [0.717, 1.165) is 65.1 Å². The van der Waals surface area contributed by atoms with Gasteiger partial charge < -0.3 is 28.5 Å². The van der Waals surface area contributed by atoms with Crippen LogP contribution in [0, 0.1) is 0 Å². The lowest BCUT2D eigenvalue weighted by Gasteiger charge is -2.22. The minimum absolute atomic E-state index is 0.284. The average molecular weight is 521 g/mol. The third-order valence-electron chi connectivity index (χ3n) is 6.37. The van der Waals surface area contributed by atoms with E-state index in [4.69, 9.17) is 18.5 Å². The highest BCUT2D eigenvalue weighted by atomic mass is 28.3. The Hall–Kier alpha value is -3.98. The second-order valence-electron chi connectivity index (χ2n) is 8.30. The topological polar surface area (TPSA) is 117 Å². The molecule has 2 N–H and O–H groups in total. The molecule has 9 heteroatoms. The highest BCUT2D eigenvalue weighted by Gasteiger charge is 2.22. The predicted molar refractivity (Wildman–Crippen MR) is 144 cm³/mol. The Balaban J connectivity index is 0.000000886. The molecular formula is C28H32N2O6Si. The van der Waals surface area contributed by atoms with Gasteiger partial charge in [-0.25, -0.2) is 9.37 Å². The van der Waals surface area contributed by atoms with Crippen molar-refractivity contribution in [3.8, 4) is 22.5 Å². The molecular weight excluding hydrogens is 488 g/mol. The Morgan fingerprint density at radius 1 is 0.973 bits per heavy atom. The zero-order valence-corrected chi connectivity index (χ0v) is 22.5. The minimum Gasteiger partial charge on any atom is -0.604 e.